The van der Waals surface area contributed by atoms with Gasteiger partial charge in [-0.2, -0.15) is 5.26 Å². The molecule has 0 bridgehead atoms. The van der Waals surface area contributed by atoms with Gasteiger partial charge < -0.3 is 9.32 Å². The molecule has 132 valence electrons. The van der Waals surface area contributed by atoms with Crippen molar-refractivity contribution in [2.45, 2.75) is 33.4 Å². The van der Waals surface area contributed by atoms with E-state index >= 15 is 0 Å². The van der Waals surface area contributed by atoms with Gasteiger partial charge in [-0.1, -0.05) is 13.8 Å². The average molecular weight is 332 g/mol. The fourth-order valence-electron chi connectivity index (χ4n) is 3.12. The second kappa shape index (κ2) is 8.32. The number of carbonyl (C=O) groups is 1. The third-order valence-corrected chi connectivity index (χ3v) is 4.45. The summed E-state index contributed by atoms with van der Waals surface area (Å²) in [4.78, 5) is 18.5. The molecule has 0 N–H and O–H groups in total. The minimum Gasteiger partial charge on any atom is -0.465 e. The zero-order valence-electron chi connectivity index (χ0n) is 15.2. The van der Waals surface area contributed by atoms with Crippen LogP contribution in [0, 0.1) is 24.2 Å². The van der Waals surface area contributed by atoms with Crippen LogP contribution in [0.1, 0.15) is 25.4 Å². The number of hydrogen-bond donors (Lipinski definition) is 0. The second-order valence-corrected chi connectivity index (χ2v) is 6.92. The summed E-state index contributed by atoms with van der Waals surface area (Å²) >= 11 is 0. The van der Waals surface area contributed by atoms with E-state index in [9.17, 15) is 10.1 Å². The van der Waals surface area contributed by atoms with Gasteiger partial charge in [-0.3, -0.25) is 14.6 Å². The Balaban J connectivity index is 1.79. The van der Waals surface area contributed by atoms with Crippen molar-refractivity contribution in [3.63, 3.8) is 0 Å². The number of nitriles is 1. The van der Waals surface area contributed by atoms with Crippen molar-refractivity contribution >= 4 is 5.91 Å². The first-order valence-corrected chi connectivity index (χ1v) is 8.56. The lowest BCUT2D eigenvalue weighted by molar-refractivity contribution is -0.134. The Kier molecular flexibility index (Phi) is 6.41. The van der Waals surface area contributed by atoms with E-state index < -0.39 is 0 Å². The van der Waals surface area contributed by atoms with Gasteiger partial charge in [0, 0.05) is 26.2 Å². The zero-order chi connectivity index (χ0) is 17.7. The van der Waals surface area contributed by atoms with Crippen molar-refractivity contribution < 1.29 is 9.21 Å². The number of furan rings is 1. The van der Waals surface area contributed by atoms with Crippen molar-refractivity contribution in [3.05, 3.63) is 23.7 Å². The van der Waals surface area contributed by atoms with Crippen molar-refractivity contribution in [2.24, 2.45) is 5.92 Å². The number of piperazine rings is 1. The maximum atomic E-state index is 12.5. The van der Waals surface area contributed by atoms with E-state index in [2.05, 4.69) is 24.8 Å². The highest BCUT2D eigenvalue weighted by Gasteiger charge is 2.27. The van der Waals surface area contributed by atoms with Gasteiger partial charge in [-0.15, -0.1) is 0 Å². The van der Waals surface area contributed by atoms with Gasteiger partial charge in [-0.05, 0) is 32.0 Å². The molecule has 1 fully saturated rings. The maximum absolute atomic E-state index is 12.5. The van der Waals surface area contributed by atoms with Crippen LogP contribution in [0.4, 0.5) is 0 Å². The third-order valence-electron chi connectivity index (χ3n) is 4.45. The van der Waals surface area contributed by atoms with E-state index in [0.29, 0.717) is 32.1 Å². The van der Waals surface area contributed by atoms with Gasteiger partial charge in [0.05, 0.1) is 19.2 Å². The number of hydrogen-bond acceptors (Lipinski definition) is 5. The molecule has 1 atom stereocenters. The molecule has 6 heteroatoms. The summed E-state index contributed by atoms with van der Waals surface area (Å²) in [6, 6.07) is 6.20. The lowest BCUT2D eigenvalue weighted by Gasteiger charge is -2.38. The van der Waals surface area contributed by atoms with Crippen LogP contribution >= 0.6 is 0 Å². The average Bonchev–Trinajstić information content (AvgIpc) is 2.93. The van der Waals surface area contributed by atoms with E-state index in [-0.39, 0.29) is 11.9 Å². The smallest absolute Gasteiger partial charge is 0.236 e. The standard InChI is InChI=1S/C18H28N4O2/c1-14(2)17(11-19)21-7-9-22(10-8-21)18(23)13-20(4)12-16-6-5-15(3)24-16/h5-6,14,17H,7-10,12-13H2,1-4H3/t17-/m0/s1. The quantitative estimate of drug-likeness (QED) is 0.793. The molecular weight excluding hydrogens is 304 g/mol. The van der Waals surface area contributed by atoms with Crippen LogP contribution in [-0.4, -0.2) is 66.4 Å². The lowest BCUT2D eigenvalue weighted by atomic mass is 10.0. The Morgan fingerprint density at radius 3 is 2.50 bits per heavy atom. The maximum Gasteiger partial charge on any atom is 0.236 e. The molecule has 0 radical (unpaired) electrons. The Bertz CT molecular complexity index is 582. The summed E-state index contributed by atoms with van der Waals surface area (Å²) < 4.78 is 5.55. The summed E-state index contributed by atoms with van der Waals surface area (Å²) in [5.74, 6) is 2.21. The van der Waals surface area contributed by atoms with E-state index in [4.69, 9.17) is 4.42 Å². The minimum absolute atomic E-state index is 0.0629. The molecule has 1 saturated heterocycles. The first-order chi connectivity index (χ1) is 11.4. The molecule has 24 heavy (non-hydrogen) atoms. The number of aryl methyl sites for hydroxylation is 1. The molecular formula is C18H28N4O2. The molecule has 1 amide bonds. The molecule has 1 aromatic heterocycles. The monoisotopic (exact) mass is 332 g/mol. The Morgan fingerprint density at radius 1 is 1.33 bits per heavy atom. The Morgan fingerprint density at radius 2 is 2.00 bits per heavy atom. The van der Waals surface area contributed by atoms with Crippen LogP contribution in [0.2, 0.25) is 0 Å². The predicted octanol–water partition coefficient (Wildman–Crippen LogP) is 1.71. The van der Waals surface area contributed by atoms with E-state index in [1.807, 2.05) is 35.9 Å². The van der Waals surface area contributed by atoms with E-state index in [0.717, 1.165) is 24.6 Å². The second-order valence-electron chi connectivity index (χ2n) is 6.92. The van der Waals surface area contributed by atoms with Crippen LogP contribution in [0.3, 0.4) is 0 Å². The highest BCUT2D eigenvalue weighted by atomic mass is 16.3. The lowest BCUT2D eigenvalue weighted by Crippen LogP contribution is -2.54. The topological polar surface area (TPSA) is 63.7 Å². The molecule has 0 saturated carbocycles. The highest BCUT2D eigenvalue weighted by molar-refractivity contribution is 5.78. The number of carbonyl (C=O) groups excluding carboxylic acids is 1. The minimum atomic E-state index is -0.0629. The highest BCUT2D eigenvalue weighted by Crippen LogP contribution is 2.14. The number of likely N-dealkylation sites (N-methyl/N-ethyl adjacent to an activating group) is 1. The Hall–Kier alpha value is -1.84. The van der Waals surface area contributed by atoms with Gasteiger partial charge >= 0.3 is 0 Å². The molecule has 0 aromatic carbocycles. The summed E-state index contributed by atoms with van der Waals surface area (Å²) in [7, 11) is 1.93. The molecule has 6 nitrogen and oxygen atoms in total. The predicted molar refractivity (Wildman–Crippen MR) is 92.2 cm³/mol. The molecule has 1 aromatic rings. The SMILES string of the molecule is Cc1ccc(CN(C)CC(=O)N2CCN([C@@H](C#N)C(C)C)CC2)o1. The number of nitrogens with zero attached hydrogens (tertiary/aromatic N) is 4. The van der Waals surface area contributed by atoms with Crippen LogP contribution < -0.4 is 0 Å². The van der Waals surface area contributed by atoms with Gasteiger partial charge in [0.15, 0.2) is 0 Å². The molecule has 0 aliphatic carbocycles. The van der Waals surface area contributed by atoms with Gasteiger partial charge in [0.1, 0.15) is 17.6 Å². The fraction of sp³-hybridized carbons (Fsp3) is 0.667. The van der Waals surface area contributed by atoms with Gasteiger partial charge in [0.25, 0.3) is 0 Å². The molecule has 1 aliphatic heterocycles. The normalized spacial score (nSPS) is 17.3. The summed E-state index contributed by atoms with van der Waals surface area (Å²) in [6.45, 7) is 9.98. The van der Waals surface area contributed by atoms with E-state index in [1.54, 1.807) is 0 Å². The van der Waals surface area contributed by atoms with Crippen molar-refractivity contribution in [1.82, 2.24) is 14.7 Å². The number of rotatable bonds is 6. The summed E-state index contributed by atoms with van der Waals surface area (Å²) in [5.41, 5.74) is 0. The fourth-order valence-corrected chi connectivity index (χ4v) is 3.12. The van der Waals surface area contributed by atoms with Gasteiger partial charge in [0.2, 0.25) is 5.91 Å². The van der Waals surface area contributed by atoms with Crippen molar-refractivity contribution in [2.75, 3.05) is 39.8 Å². The van der Waals surface area contributed by atoms with Crippen LogP contribution in [0.15, 0.2) is 16.5 Å². The van der Waals surface area contributed by atoms with E-state index in [1.165, 1.54) is 0 Å². The summed E-state index contributed by atoms with van der Waals surface area (Å²) in [5, 5.41) is 9.30. The van der Waals surface area contributed by atoms with Crippen LogP contribution in [0.5, 0.6) is 0 Å². The molecule has 0 spiro atoms. The Labute approximate surface area is 144 Å². The van der Waals surface area contributed by atoms with Crippen molar-refractivity contribution in [1.29, 1.82) is 5.26 Å². The third kappa shape index (κ3) is 4.83. The molecule has 0 unspecified atom stereocenters. The number of amides is 1. The first-order valence-electron chi connectivity index (χ1n) is 8.56. The van der Waals surface area contributed by atoms with Gasteiger partial charge in [-0.25, -0.2) is 0 Å². The largest absolute Gasteiger partial charge is 0.465 e. The molecule has 2 heterocycles. The summed E-state index contributed by atoms with van der Waals surface area (Å²) in [6.07, 6.45) is 0. The van der Waals surface area contributed by atoms with Crippen molar-refractivity contribution in [3.8, 4) is 6.07 Å². The molecule has 2 rings (SSSR count). The molecule has 1 aliphatic rings. The van der Waals surface area contributed by atoms with Crippen LogP contribution in [-0.2, 0) is 11.3 Å². The zero-order valence-corrected chi connectivity index (χ0v) is 15.2. The van der Waals surface area contributed by atoms with Crippen LogP contribution in [0.25, 0.3) is 0 Å². The first kappa shape index (κ1) is 18.5.